The van der Waals surface area contributed by atoms with Crippen molar-refractivity contribution in [3.8, 4) is 0 Å². The van der Waals surface area contributed by atoms with Gasteiger partial charge in [-0.2, -0.15) is 5.10 Å². The molecule has 31 heavy (non-hydrogen) atoms. The maximum Gasteiger partial charge on any atom is 0.277 e. The largest absolute Gasteiger partial charge is 0.389 e. The van der Waals surface area contributed by atoms with E-state index in [1.165, 1.54) is 30.5 Å². The number of aliphatic hydroxyl groups excluding tert-OH is 1. The molecule has 4 N–H and O–H groups in total. The zero-order valence-electron chi connectivity index (χ0n) is 16.2. The van der Waals surface area contributed by atoms with E-state index in [-0.39, 0.29) is 30.3 Å². The molecule has 0 unspecified atom stereocenters. The predicted molar refractivity (Wildman–Crippen MR) is 113 cm³/mol. The van der Waals surface area contributed by atoms with Gasteiger partial charge < -0.3 is 15.9 Å². The van der Waals surface area contributed by atoms with Gasteiger partial charge in [-0.1, -0.05) is 0 Å². The van der Waals surface area contributed by atoms with Crippen molar-refractivity contribution in [1.29, 1.82) is 0 Å². The minimum Gasteiger partial charge on any atom is -0.389 e. The normalized spacial score (nSPS) is 17.0. The summed E-state index contributed by atoms with van der Waals surface area (Å²) in [6.45, 7) is 0.190. The van der Waals surface area contributed by atoms with Crippen LogP contribution in [0.4, 0.5) is 10.1 Å². The van der Waals surface area contributed by atoms with Crippen LogP contribution in [0.15, 0.2) is 63.4 Å². The Kier molecular flexibility index (Phi) is 5.56. The van der Waals surface area contributed by atoms with Crippen molar-refractivity contribution in [2.24, 2.45) is 15.9 Å². The van der Waals surface area contributed by atoms with E-state index in [1.54, 1.807) is 24.3 Å². The molecule has 1 atom stereocenters. The molecule has 158 valence electrons. The van der Waals surface area contributed by atoms with Gasteiger partial charge in [0.25, 0.3) is 11.5 Å². The molecule has 2 heterocycles. The number of aromatic amines is 1. The van der Waals surface area contributed by atoms with E-state index in [0.29, 0.717) is 22.2 Å². The number of hydroxylamine groups is 2. The molecule has 0 spiro atoms. The lowest BCUT2D eigenvalue weighted by Gasteiger charge is -2.13. The van der Waals surface area contributed by atoms with Gasteiger partial charge in [-0.3, -0.25) is 19.4 Å². The third-order valence-electron chi connectivity index (χ3n) is 4.70. The van der Waals surface area contributed by atoms with Gasteiger partial charge >= 0.3 is 0 Å². The highest BCUT2D eigenvalue weighted by molar-refractivity contribution is 6.38. The Morgan fingerprint density at radius 2 is 2.03 bits per heavy atom. The highest BCUT2D eigenvalue weighted by Gasteiger charge is 2.26. The minimum absolute atomic E-state index is 0.0792. The second-order valence-corrected chi connectivity index (χ2v) is 6.88. The van der Waals surface area contributed by atoms with Crippen molar-refractivity contribution < 1.29 is 19.1 Å². The Hall–Kier alpha value is -3.89. The number of H-pyrrole nitrogens is 1. The molecule has 1 saturated heterocycles. The molecule has 0 bridgehead atoms. The number of hydrogen-bond donors (Lipinski definition) is 3. The number of rotatable bonds is 4. The van der Waals surface area contributed by atoms with Gasteiger partial charge in [-0.15, -0.1) is 0 Å². The van der Waals surface area contributed by atoms with Gasteiger partial charge in [0.05, 0.1) is 24.0 Å². The summed E-state index contributed by atoms with van der Waals surface area (Å²) in [5.41, 5.74) is 1.15. The average Bonchev–Trinajstić information content (AvgIpc) is 3.21. The van der Waals surface area contributed by atoms with Crippen LogP contribution in [0.2, 0.25) is 0 Å². The van der Waals surface area contributed by atoms with Crippen LogP contribution in [-0.4, -0.2) is 52.2 Å². The molecule has 2 aromatic carbocycles. The lowest BCUT2D eigenvalue weighted by atomic mass is 10.1. The Bertz CT molecular complexity index is 1250. The van der Waals surface area contributed by atoms with Gasteiger partial charge in [-0.25, -0.2) is 9.45 Å². The number of amides is 1. The van der Waals surface area contributed by atoms with Crippen molar-refractivity contribution in [2.45, 2.75) is 6.10 Å². The first-order chi connectivity index (χ1) is 14.9. The lowest BCUT2D eigenvalue weighted by molar-refractivity contribution is -0.0779. The number of carbonyl (C=O) groups is 1. The number of aliphatic imine (C=N–C) groups is 1. The summed E-state index contributed by atoms with van der Waals surface area (Å²) < 4.78 is 13.5. The summed E-state index contributed by atoms with van der Waals surface area (Å²) in [6, 6.07) is 11.8. The Balaban J connectivity index is 1.54. The third kappa shape index (κ3) is 4.34. The zero-order valence-corrected chi connectivity index (χ0v) is 16.2. The fourth-order valence-corrected chi connectivity index (χ4v) is 3.12. The summed E-state index contributed by atoms with van der Waals surface area (Å²) in [4.78, 5) is 36.7. The standard InChI is InChI=1S/C21H18FN5O4/c22-14-3-6-18-13(7-14)8-17(20(29)25-18)19(26-23)9-24-15-4-1-12(2-5-15)21(30)27-10-16(28)11-31-27/h1-9,16,28H,10-11,23H2,(H,25,29)/t16-/m1/s1. The molecule has 0 radical (unpaired) electrons. The van der Waals surface area contributed by atoms with Crippen LogP contribution in [0.5, 0.6) is 0 Å². The molecule has 1 aliphatic heterocycles. The Labute approximate surface area is 175 Å². The molecular formula is C21H18FN5O4. The highest BCUT2D eigenvalue weighted by atomic mass is 19.1. The number of aromatic nitrogens is 1. The number of β-amino-alcohol motifs (C(OH)–C–C–N with tert-alkyl or cyclic N) is 1. The predicted octanol–water partition coefficient (Wildman–Crippen LogP) is 1.48. The van der Waals surface area contributed by atoms with Crippen LogP contribution < -0.4 is 11.4 Å². The Morgan fingerprint density at radius 1 is 1.26 bits per heavy atom. The number of nitrogens with one attached hydrogen (secondary N) is 1. The van der Waals surface area contributed by atoms with Crippen LogP contribution >= 0.6 is 0 Å². The second kappa shape index (κ2) is 8.46. The monoisotopic (exact) mass is 423 g/mol. The minimum atomic E-state index is -0.698. The van der Waals surface area contributed by atoms with Gasteiger partial charge in [-0.05, 0) is 48.5 Å². The molecule has 1 aromatic heterocycles. The van der Waals surface area contributed by atoms with E-state index < -0.39 is 17.5 Å². The number of carbonyl (C=O) groups excluding carboxylic acids is 1. The van der Waals surface area contributed by atoms with Gasteiger partial charge in [0, 0.05) is 16.5 Å². The summed E-state index contributed by atoms with van der Waals surface area (Å²) in [6.07, 6.45) is 0.614. The van der Waals surface area contributed by atoms with Crippen molar-refractivity contribution in [1.82, 2.24) is 10.0 Å². The number of nitrogens with zero attached hydrogens (tertiary/aromatic N) is 3. The fourth-order valence-electron chi connectivity index (χ4n) is 3.12. The van der Waals surface area contributed by atoms with E-state index in [0.717, 1.165) is 5.06 Å². The maximum absolute atomic E-state index is 13.5. The van der Waals surface area contributed by atoms with Crippen molar-refractivity contribution in [3.05, 3.63) is 75.8 Å². The van der Waals surface area contributed by atoms with Crippen LogP contribution in [-0.2, 0) is 4.84 Å². The second-order valence-electron chi connectivity index (χ2n) is 6.88. The molecule has 10 heteroatoms. The van der Waals surface area contributed by atoms with Crippen LogP contribution in [0.25, 0.3) is 10.9 Å². The molecule has 1 amide bonds. The SMILES string of the molecule is NN=C(C=Nc1ccc(C(=O)N2C[C@@H](O)CO2)cc1)c1cc2cc(F)ccc2[nH]c1=O. The lowest BCUT2D eigenvalue weighted by Crippen LogP contribution is -2.28. The summed E-state index contributed by atoms with van der Waals surface area (Å²) in [5.74, 6) is 4.64. The third-order valence-corrected chi connectivity index (χ3v) is 4.70. The fraction of sp³-hybridized carbons (Fsp3) is 0.143. The summed E-state index contributed by atoms with van der Waals surface area (Å²) >= 11 is 0. The molecule has 1 fully saturated rings. The molecule has 0 aliphatic carbocycles. The molecule has 3 aromatic rings. The first-order valence-corrected chi connectivity index (χ1v) is 9.32. The Morgan fingerprint density at radius 3 is 2.71 bits per heavy atom. The van der Waals surface area contributed by atoms with Crippen LogP contribution in [0, 0.1) is 5.82 Å². The van der Waals surface area contributed by atoms with E-state index in [1.807, 2.05) is 0 Å². The number of pyridine rings is 1. The highest BCUT2D eigenvalue weighted by Crippen LogP contribution is 2.17. The molecule has 1 aliphatic rings. The smallest absolute Gasteiger partial charge is 0.277 e. The number of nitrogens with two attached hydrogens (primary N) is 1. The van der Waals surface area contributed by atoms with Crippen LogP contribution in [0.1, 0.15) is 15.9 Å². The van der Waals surface area contributed by atoms with E-state index in [4.69, 9.17) is 10.7 Å². The molecular weight excluding hydrogens is 405 g/mol. The van der Waals surface area contributed by atoms with Gasteiger partial charge in [0.2, 0.25) is 0 Å². The average molecular weight is 423 g/mol. The van der Waals surface area contributed by atoms with Crippen LogP contribution in [0.3, 0.4) is 0 Å². The number of hydrazone groups is 1. The van der Waals surface area contributed by atoms with Crippen molar-refractivity contribution in [3.63, 3.8) is 0 Å². The number of hydrogen-bond acceptors (Lipinski definition) is 7. The molecule has 9 nitrogen and oxygen atoms in total. The van der Waals surface area contributed by atoms with E-state index in [9.17, 15) is 19.1 Å². The summed E-state index contributed by atoms with van der Waals surface area (Å²) in [7, 11) is 0. The quantitative estimate of drug-likeness (QED) is 0.332. The summed E-state index contributed by atoms with van der Waals surface area (Å²) in [5, 5.41) is 14.7. The maximum atomic E-state index is 13.5. The number of aliphatic hydroxyl groups is 1. The van der Waals surface area contributed by atoms with Crippen molar-refractivity contribution in [2.75, 3.05) is 13.2 Å². The van der Waals surface area contributed by atoms with Crippen molar-refractivity contribution >= 4 is 34.4 Å². The molecule has 4 rings (SSSR count). The topological polar surface area (TPSA) is 133 Å². The van der Waals surface area contributed by atoms with E-state index >= 15 is 0 Å². The van der Waals surface area contributed by atoms with E-state index in [2.05, 4.69) is 15.1 Å². The van der Waals surface area contributed by atoms with Gasteiger partial charge in [0.15, 0.2) is 0 Å². The first-order valence-electron chi connectivity index (χ1n) is 9.32. The number of halogens is 1. The number of benzene rings is 2. The first kappa shape index (κ1) is 20.4. The number of fused-ring (bicyclic) bond motifs is 1. The molecule has 0 saturated carbocycles. The zero-order chi connectivity index (χ0) is 22.0. The van der Waals surface area contributed by atoms with Gasteiger partial charge in [0.1, 0.15) is 24.2 Å².